The summed E-state index contributed by atoms with van der Waals surface area (Å²) in [6, 6.07) is 1.59. The Morgan fingerprint density at radius 1 is 1.41 bits per heavy atom. The van der Waals surface area contributed by atoms with Crippen LogP contribution in [0.3, 0.4) is 0 Å². The highest BCUT2D eigenvalue weighted by Gasteiger charge is 2.20. The third kappa shape index (κ3) is 4.78. The summed E-state index contributed by atoms with van der Waals surface area (Å²) < 4.78 is 15.0. The first-order valence-electron chi connectivity index (χ1n) is 6.52. The number of methoxy groups -OCH3 is 1. The Balaban J connectivity index is 3.25. The second kappa shape index (κ2) is 7.86. The molecule has 0 aliphatic rings. The summed E-state index contributed by atoms with van der Waals surface area (Å²) in [7, 11) is 1.53. The molecule has 0 atom stereocenters. The van der Waals surface area contributed by atoms with Gasteiger partial charge in [0.05, 0.1) is 23.4 Å². The summed E-state index contributed by atoms with van der Waals surface area (Å²) in [5, 5.41) is 2.64. The van der Waals surface area contributed by atoms with Crippen LogP contribution < -0.4 is 15.8 Å². The maximum atomic E-state index is 11.7. The largest absolute Gasteiger partial charge is 0.447 e. The Kier molecular flexibility index (Phi) is 6.45. The SMILES string of the molecule is COCc1cc(NC(=O)OC(C)C)c(OC(N)=O)c(Cl)c1C. The number of anilines is 1. The van der Waals surface area contributed by atoms with Gasteiger partial charge in [-0.3, -0.25) is 5.32 Å². The van der Waals surface area contributed by atoms with Gasteiger partial charge in [-0.15, -0.1) is 0 Å². The van der Waals surface area contributed by atoms with E-state index >= 15 is 0 Å². The highest BCUT2D eigenvalue weighted by Crippen LogP contribution is 2.38. The number of rotatable bonds is 5. The van der Waals surface area contributed by atoms with Crippen molar-refractivity contribution in [3.63, 3.8) is 0 Å². The van der Waals surface area contributed by atoms with E-state index in [1.807, 2.05) is 0 Å². The number of hydrogen-bond acceptors (Lipinski definition) is 5. The monoisotopic (exact) mass is 330 g/mol. The Morgan fingerprint density at radius 2 is 2.05 bits per heavy atom. The van der Waals surface area contributed by atoms with Crippen molar-refractivity contribution in [2.75, 3.05) is 12.4 Å². The molecule has 0 aliphatic heterocycles. The molecule has 3 N–H and O–H groups in total. The van der Waals surface area contributed by atoms with Crippen LogP contribution in [0.15, 0.2) is 6.07 Å². The molecule has 122 valence electrons. The Labute approximate surface area is 133 Å². The quantitative estimate of drug-likeness (QED) is 0.863. The van der Waals surface area contributed by atoms with Crippen LogP contribution in [0.25, 0.3) is 0 Å². The summed E-state index contributed by atoms with van der Waals surface area (Å²) in [5.74, 6) is -0.0350. The lowest BCUT2D eigenvalue weighted by atomic mass is 10.1. The third-order valence-electron chi connectivity index (χ3n) is 2.66. The van der Waals surface area contributed by atoms with Gasteiger partial charge in [0.2, 0.25) is 0 Å². The molecule has 0 aliphatic carbocycles. The first-order valence-corrected chi connectivity index (χ1v) is 6.89. The molecule has 22 heavy (non-hydrogen) atoms. The molecule has 0 fully saturated rings. The third-order valence-corrected chi connectivity index (χ3v) is 3.11. The summed E-state index contributed by atoms with van der Waals surface area (Å²) in [6.07, 6.45) is -2.05. The van der Waals surface area contributed by atoms with Crippen LogP contribution in [0, 0.1) is 6.92 Å². The zero-order valence-electron chi connectivity index (χ0n) is 12.9. The van der Waals surface area contributed by atoms with Crippen LogP contribution >= 0.6 is 11.6 Å². The van der Waals surface area contributed by atoms with Gasteiger partial charge in [-0.1, -0.05) is 11.6 Å². The zero-order valence-corrected chi connectivity index (χ0v) is 13.6. The highest BCUT2D eigenvalue weighted by atomic mass is 35.5. The Morgan fingerprint density at radius 3 is 2.55 bits per heavy atom. The Hall–Kier alpha value is -1.99. The maximum absolute atomic E-state index is 11.7. The first kappa shape index (κ1) is 18.1. The molecule has 0 bridgehead atoms. The number of ether oxygens (including phenoxy) is 3. The molecule has 1 aromatic carbocycles. The van der Waals surface area contributed by atoms with Gasteiger partial charge in [0.25, 0.3) is 0 Å². The predicted octanol–water partition coefficient (Wildman–Crippen LogP) is 3.21. The van der Waals surface area contributed by atoms with Crippen molar-refractivity contribution in [3.05, 3.63) is 22.2 Å². The fourth-order valence-electron chi connectivity index (χ4n) is 1.73. The molecule has 0 unspecified atom stereocenters. The lowest BCUT2D eigenvalue weighted by Gasteiger charge is -2.17. The number of nitrogens with one attached hydrogen (secondary N) is 1. The molecular formula is C14H19ClN2O5. The minimum atomic E-state index is -1.04. The van der Waals surface area contributed by atoms with Crippen LogP contribution in [-0.4, -0.2) is 25.4 Å². The molecular weight excluding hydrogens is 312 g/mol. The molecule has 1 rings (SSSR count). The second-order valence-electron chi connectivity index (χ2n) is 4.78. The summed E-state index contributed by atoms with van der Waals surface area (Å²) in [5.41, 5.74) is 6.59. The van der Waals surface area contributed by atoms with E-state index in [9.17, 15) is 9.59 Å². The fraction of sp³-hybridized carbons (Fsp3) is 0.429. The van der Waals surface area contributed by atoms with E-state index in [4.69, 9.17) is 31.5 Å². The molecule has 0 saturated heterocycles. The van der Waals surface area contributed by atoms with Crippen molar-refractivity contribution < 1.29 is 23.8 Å². The van der Waals surface area contributed by atoms with Gasteiger partial charge in [-0.25, -0.2) is 9.59 Å². The molecule has 8 heteroatoms. The van der Waals surface area contributed by atoms with Crippen molar-refractivity contribution in [1.29, 1.82) is 0 Å². The number of primary amides is 1. The van der Waals surface area contributed by atoms with Crippen molar-refractivity contribution >= 4 is 29.5 Å². The highest BCUT2D eigenvalue weighted by molar-refractivity contribution is 6.33. The van der Waals surface area contributed by atoms with E-state index in [2.05, 4.69) is 5.32 Å². The molecule has 7 nitrogen and oxygen atoms in total. The van der Waals surface area contributed by atoms with E-state index in [0.717, 1.165) is 5.56 Å². The van der Waals surface area contributed by atoms with Gasteiger partial charge in [0.15, 0.2) is 5.75 Å². The van der Waals surface area contributed by atoms with E-state index in [0.29, 0.717) is 5.56 Å². The standard InChI is InChI=1S/C14H19ClN2O5/c1-7(2)21-14(19)17-10-5-9(6-20-4)8(3)11(15)12(10)22-13(16)18/h5,7H,6H2,1-4H3,(H2,16,18)(H,17,19). The minimum Gasteiger partial charge on any atom is -0.447 e. The number of amides is 2. The Bertz CT molecular complexity index is 575. The number of nitrogens with two attached hydrogens (primary N) is 1. The van der Waals surface area contributed by atoms with Gasteiger partial charge >= 0.3 is 12.2 Å². The normalized spacial score (nSPS) is 10.5. The van der Waals surface area contributed by atoms with Crippen LogP contribution in [0.2, 0.25) is 5.02 Å². The minimum absolute atomic E-state index is 0.0350. The zero-order chi connectivity index (χ0) is 16.9. The topological polar surface area (TPSA) is 99.9 Å². The van der Waals surface area contributed by atoms with Crippen LogP contribution in [0.1, 0.15) is 25.0 Å². The number of hydrogen-bond donors (Lipinski definition) is 2. The van der Waals surface area contributed by atoms with E-state index in [-0.39, 0.29) is 29.2 Å². The lowest BCUT2D eigenvalue weighted by Crippen LogP contribution is -2.21. The molecule has 0 spiro atoms. The first-order chi connectivity index (χ1) is 10.3. The number of benzene rings is 1. The van der Waals surface area contributed by atoms with Gasteiger partial charge in [0.1, 0.15) is 0 Å². The fourth-order valence-corrected chi connectivity index (χ4v) is 1.99. The molecule has 0 radical (unpaired) electrons. The number of carbonyl (C=O) groups is 2. The van der Waals surface area contributed by atoms with Crippen molar-refractivity contribution in [3.8, 4) is 5.75 Å². The summed E-state index contributed by atoms with van der Waals surface area (Å²) in [6.45, 7) is 5.43. The van der Waals surface area contributed by atoms with Gasteiger partial charge in [-0.2, -0.15) is 0 Å². The smallest absolute Gasteiger partial charge is 0.411 e. The molecule has 2 amide bonds. The van der Waals surface area contributed by atoms with E-state index in [1.54, 1.807) is 26.8 Å². The number of halogens is 1. The molecule has 0 saturated carbocycles. The maximum Gasteiger partial charge on any atom is 0.411 e. The predicted molar refractivity (Wildman–Crippen MR) is 82.4 cm³/mol. The van der Waals surface area contributed by atoms with Gasteiger partial charge in [-0.05, 0) is 38.0 Å². The average molecular weight is 331 g/mol. The van der Waals surface area contributed by atoms with Crippen LogP contribution in [-0.2, 0) is 16.1 Å². The van der Waals surface area contributed by atoms with E-state index < -0.39 is 12.2 Å². The molecule has 0 heterocycles. The number of carbonyl (C=O) groups excluding carboxylic acids is 2. The molecule has 0 aromatic heterocycles. The average Bonchev–Trinajstić information content (AvgIpc) is 2.39. The molecule has 1 aromatic rings. The lowest BCUT2D eigenvalue weighted by molar-refractivity contribution is 0.129. The van der Waals surface area contributed by atoms with Crippen molar-refractivity contribution in [2.24, 2.45) is 5.73 Å². The van der Waals surface area contributed by atoms with Crippen molar-refractivity contribution in [1.82, 2.24) is 0 Å². The van der Waals surface area contributed by atoms with Gasteiger partial charge in [0, 0.05) is 7.11 Å². The van der Waals surface area contributed by atoms with Crippen LogP contribution in [0.4, 0.5) is 15.3 Å². The van der Waals surface area contributed by atoms with Gasteiger partial charge < -0.3 is 19.9 Å². The second-order valence-corrected chi connectivity index (χ2v) is 5.16. The van der Waals surface area contributed by atoms with Crippen molar-refractivity contribution in [2.45, 2.75) is 33.5 Å². The summed E-state index contributed by atoms with van der Waals surface area (Å²) in [4.78, 5) is 22.8. The summed E-state index contributed by atoms with van der Waals surface area (Å²) >= 11 is 6.19. The van der Waals surface area contributed by atoms with Crippen LogP contribution in [0.5, 0.6) is 5.75 Å². The van der Waals surface area contributed by atoms with E-state index in [1.165, 1.54) is 7.11 Å².